The molecule has 0 atom stereocenters. The van der Waals surface area contributed by atoms with Crippen LogP contribution >= 0.6 is 0 Å². The van der Waals surface area contributed by atoms with Gasteiger partial charge in [-0.1, -0.05) is 63.4 Å². The van der Waals surface area contributed by atoms with Crippen molar-refractivity contribution in [1.82, 2.24) is 4.98 Å². The van der Waals surface area contributed by atoms with E-state index in [1.54, 1.807) is 12.2 Å². The molecule has 4 rings (SSSR count). The predicted octanol–water partition coefficient (Wildman–Crippen LogP) is 7.24. The Balaban J connectivity index is 0.00000124. The number of aromatic nitrogens is 2. The number of azo groups is 1. The van der Waals surface area contributed by atoms with Gasteiger partial charge in [-0.15, -0.1) is 4.57 Å². The van der Waals surface area contributed by atoms with E-state index in [9.17, 15) is 0 Å². The molecule has 0 spiro atoms. The summed E-state index contributed by atoms with van der Waals surface area (Å²) < 4.78 is 2.12. The van der Waals surface area contributed by atoms with Gasteiger partial charge in [0.05, 0.1) is 11.4 Å². The van der Waals surface area contributed by atoms with Gasteiger partial charge in [-0.05, 0) is 30.3 Å². The molecule has 4 aromatic rings. The Morgan fingerprint density at radius 2 is 1.40 bits per heavy atom. The highest BCUT2D eigenvalue weighted by atomic mass is 15.1. The fourth-order valence-electron chi connectivity index (χ4n) is 3.09. The van der Waals surface area contributed by atoms with Crippen LogP contribution in [0.3, 0.4) is 0 Å². The molecule has 0 unspecified atom stereocenters. The Bertz CT molecular complexity index is 1180. The Hall–Kier alpha value is -3.92. The fraction of sp³-hybridized carbons (Fsp3) is 0.0769. The maximum Gasteiger partial charge on any atom is 0.239 e. The van der Waals surface area contributed by atoms with Crippen molar-refractivity contribution in [3.05, 3.63) is 103 Å². The van der Waals surface area contributed by atoms with Gasteiger partial charge >= 0.3 is 0 Å². The molecule has 4 heteroatoms. The summed E-state index contributed by atoms with van der Waals surface area (Å²) in [5.74, 6) is 0. The standard InChI is InChI=1S/C24H19N4.C2H6/c1-3-21-23(4-2)28(20-13-9-6-10-14-20)24-17-19(15-16-22(24)25-21)27-26-18-11-7-5-8-12-18;1-2/h3-17H,1-2H2;1-2H3/q+1;. The third kappa shape index (κ3) is 4.39. The summed E-state index contributed by atoms with van der Waals surface area (Å²) in [6.45, 7) is 11.9. The molecule has 1 heterocycles. The van der Waals surface area contributed by atoms with Crippen LogP contribution < -0.4 is 4.57 Å². The highest BCUT2D eigenvalue weighted by Crippen LogP contribution is 2.23. The summed E-state index contributed by atoms with van der Waals surface area (Å²) in [7, 11) is 0. The molecule has 0 aliphatic rings. The molecule has 148 valence electrons. The number of nitrogens with zero attached hydrogens (tertiary/aromatic N) is 4. The first-order valence-corrected chi connectivity index (χ1v) is 9.97. The van der Waals surface area contributed by atoms with Gasteiger partial charge in [0, 0.05) is 24.3 Å². The smallest absolute Gasteiger partial charge is 0.235 e. The van der Waals surface area contributed by atoms with Crippen LogP contribution in [0.15, 0.2) is 102 Å². The zero-order valence-electron chi connectivity index (χ0n) is 17.4. The van der Waals surface area contributed by atoms with E-state index in [0.717, 1.165) is 39.5 Å². The number of para-hydroxylation sites is 1. The average molecular weight is 394 g/mol. The molecule has 0 amide bonds. The van der Waals surface area contributed by atoms with Gasteiger partial charge in [-0.3, -0.25) is 0 Å². The van der Waals surface area contributed by atoms with E-state index < -0.39 is 0 Å². The molecule has 0 bridgehead atoms. The minimum absolute atomic E-state index is 0.754. The van der Waals surface area contributed by atoms with Crippen molar-refractivity contribution in [1.29, 1.82) is 0 Å². The highest BCUT2D eigenvalue weighted by molar-refractivity contribution is 5.77. The van der Waals surface area contributed by atoms with Crippen LogP contribution in [-0.4, -0.2) is 4.98 Å². The quantitative estimate of drug-likeness (QED) is 0.260. The molecular weight excluding hydrogens is 368 g/mol. The molecule has 0 aliphatic carbocycles. The van der Waals surface area contributed by atoms with Crippen LogP contribution in [-0.2, 0) is 0 Å². The number of hydrogen-bond donors (Lipinski definition) is 0. The third-order valence-electron chi connectivity index (χ3n) is 4.38. The number of fused-ring (bicyclic) bond motifs is 1. The van der Waals surface area contributed by atoms with Crippen LogP contribution in [0.4, 0.5) is 11.4 Å². The molecule has 30 heavy (non-hydrogen) atoms. The summed E-state index contributed by atoms with van der Waals surface area (Å²) >= 11 is 0. The van der Waals surface area contributed by atoms with Crippen LogP contribution in [0.5, 0.6) is 0 Å². The zero-order valence-corrected chi connectivity index (χ0v) is 17.4. The van der Waals surface area contributed by atoms with Gasteiger partial charge in [-0.25, -0.2) is 4.98 Å². The average Bonchev–Trinajstić information content (AvgIpc) is 2.83. The highest BCUT2D eigenvalue weighted by Gasteiger charge is 2.21. The minimum Gasteiger partial charge on any atom is -0.235 e. The first kappa shape index (κ1) is 20.8. The lowest BCUT2D eigenvalue weighted by atomic mass is 10.2. The number of hydrogen-bond acceptors (Lipinski definition) is 3. The van der Waals surface area contributed by atoms with E-state index in [0.29, 0.717) is 0 Å². The molecule has 0 saturated heterocycles. The molecule has 0 N–H and O–H groups in total. The molecule has 3 aromatic carbocycles. The van der Waals surface area contributed by atoms with Crippen LogP contribution in [0, 0.1) is 0 Å². The summed E-state index contributed by atoms with van der Waals surface area (Å²) in [5.41, 5.74) is 6.02. The minimum atomic E-state index is 0.754. The van der Waals surface area contributed by atoms with Crippen LogP contribution in [0.2, 0.25) is 0 Å². The maximum absolute atomic E-state index is 4.73. The molecule has 0 aliphatic heterocycles. The van der Waals surface area contributed by atoms with Crippen molar-refractivity contribution < 1.29 is 4.57 Å². The normalized spacial score (nSPS) is 10.5. The molecular formula is C26H25N4+. The molecule has 0 saturated carbocycles. The lowest BCUT2D eigenvalue weighted by Crippen LogP contribution is -2.36. The van der Waals surface area contributed by atoms with Crippen molar-refractivity contribution in [3.8, 4) is 5.69 Å². The Morgan fingerprint density at radius 3 is 2.03 bits per heavy atom. The van der Waals surface area contributed by atoms with Crippen molar-refractivity contribution in [2.45, 2.75) is 13.8 Å². The van der Waals surface area contributed by atoms with Crippen LogP contribution in [0.25, 0.3) is 28.9 Å². The number of benzene rings is 3. The van der Waals surface area contributed by atoms with Crippen molar-refractivity contribution in [2.75, 3.05) is 0 Å². The lowest BCUT2D eigenvalue weighted by molar-refractivity contribution is -0.569. The van der Waals surface area contributed by atoms with E-state index in [-0.39, 0.29) is 0 Å². The first-order chi connectivity index (χ1) is 14.8. The number of rotatable bonds is 5. The summed E-state index contributed by atoms with van der Waals surface area (Å²) in [5, 5.41) is 8.72. The lowest BCUT2D eigenvalue weighted by Gasteiger charge is -2.07. The third-order valence-corrected chi connectivity index (χ3v) is 4.38. The Morgan fingerprint density at radius 1 is 0.767 bits per heavy atom. The maximum atomic E-state index is 4.73. The van der Waals surface area contributed by atoms with Gasteiger partial charge < -0.3 is 0 Å². The SMILES string of the molecule is C=Cc1nc2ccc(N=Nc3ccccc3)cc2[n+](-c2ccccc2)c1C=C.CC. The predicted molar refractivity (Wildman–Crippen MR) is 125 cm³/mol. The first-order valence-electron chi connectivity index (χ1n) is 9.97. The van der Waals surface area contributed by atoms with E-state index >= 15 is 0 Å². The zero-order chi connectivity index (χ0) is 21.3. The second kappa shape index (κ2) is 10.0. The van der Waals surface area contributed by atoms with Gasteiger partial charge in [-0.2, -0.15) is 10.2 Å². The fourth-order valence-corrected chi connectivity index (χ4v) is 3.09. The summed E-state index contributed by atoms with van der Waals surface area (Å²) in [4.78, 5) is 4.73. The van der Waals surface area contributed by atoms with Gasteiger partial charge in [0.15, 0.2) is 0 Å². The van der Waals surface area contributed by atoms with Crippen molar-refractivity contribution >= 4 is 34.6 Å². The van der Waals surface area contributed by atoms with E-state index in [2.05, 4.69) is 40.1 Å². The second-order valence-corrected chi connectivity index (χ2v) is 6.17. The topological polar surface area (TPSA) is 41.5 Å². The van der Waals surface area contributed by atoms with E-state index in [1.165, 1.54) is 0 Å². The molecule has 0 radical (unpaired) electrons. The largest absolute Gasteiger partial charge is 0.239 e. The summed E-state index contributed by atoms with van der Waals surface area (Å²) in [6.07, 6.45) is 3.55. The van der Waals surface area contributed by atoms with Gasteiger partial charge in [0.1, 0.15) is 11.2 Å². The van der Waals surface area contributed by atoms with Crippen LogP contribution in [0.1, 0.15) is 25.2 Å². The molecule has 4 nitrogen and oxygen atoms in total. The second-order valence-electron chi connectivity index (χ2n) is 6.17. The van der Waals surface area contributed by atoms with E-state index in [1.807, 2.05) is 80.6 Å². The molecule has 1 aromatic heterocycles. The molecule has 0 fully saturated rings. The Labute approximate surface area is 177 Å². The van der Waals surface area contributed by atoms with Crippen molar-refractivity contribution in [3.63, 3.8) is 0 Å². The van der Waals surface area contributed by atoms with Gasteiger partial charge in [0.25, 0.3) is 0 Å². The monoisotopic (exact) mass is 393 g/mol. The van der Waals surface area contributed by atoms with Gasteiger partial charge in [0.2, 0.25) is 16.9 Å². The van der Waals surface area contributed by atoms with Crippen molar-refractivity contribution in [2.24, 2.45) is 10.2 Å². The Kier molecular flexibility index (Phi) is 6.95. The van der Waals surface area contributed by atoms with E-state index in [4.69, 9.17) is 4.98 Å². The summed E-state index contributed by atoms with van der Waals surface area (Å²) in [6, 6.07) is 25.6.